The highest BCUT2D eigenvalue weighted by Crippen LogP contribution is 2.23. The summed E-state index contributed by atoms with van der Waals surface area (Å²) in [5.41, 5.74) is 2.52. The molecule has 112 valence electrons. The van der Waals surface area contributed by atoms with Gasteiger partial charge >= 0.3 is 0 Å². The van der Waals surface area contributed by atoms with Crippen LogP contribution in [0.5, 0.6) is 0 Å². The van der Waals surface area contributed by atoms with Crippen LogP contribution >= 0.6 is 15.9 Å². The number of nitrogens with one attached hydrogen (secondary N) is 1. The third-order valence-corrected chi connectivity index (χ3v) is 4.11. The zero-order valence-corrected chi connectivity index (χ0v) is 14.1. The van der Waals surface area contributed by atoms with Crippen LogP contribution < -0.4 is 5.32 Å². The van der Waals surface area contributed by atoms with E-state index in [1.807, 2.05) is 6.07 Å². The summed E-state index contributed by atoms with van der Waals surface area (Å²) in [6.07, 6.45) is 0.990. The highest BCUT2D eigenvalue weighted by Gasteiger charge is 2.22. The molecule has 0 aliphatic heterocycles. The van der Waals surface area contributed by atoms with E-state index in [4.69, 9.17) is 4.74 Å². The molecule has 2 atom stereocenters. The minimum Gasteiger partial charge on any atom is -0.375 e. The van der Waals surface area contributed by atoms with Crippen LogP contribution in [0, 0.1) is 0 Å². The van der Waals surface area contributed by atoms with E-state index >= 15 is 0 Å². The summed E-state index contributed by atoms with van der Waals surface area (Å²) >= 11 is 3.48. The number of benzene rings is 2. The van der Waals surface area contributed by atoms with Crippen molar-refractivity contribution in [3.05, 3.63) is 70.2 Å². The largest absolute Gasteiger partial charge is 0.375 e. The van der Waals surface area contributed by atoms with Crippen molar-refractivity contribution in [2.24, 2.45) is 0 Å². The predicted molar refractivity (Wildman–Crippen MR) is 91.5 cm³/mol. The average molecular weight is 348 g/mol. The van der Waals surface area contributed by atoms with Gasteiger partial charge < -0.3 is 10.1 Å². The lowest BCUT2D eigenvalue weighted by atomic mass is 9.96. The average Bonchev–Trinajstić information content (AvgIpc) is 2.51. The summed E-state index contributed by atoms with van der Waals surface area (Å²) in [6.45, 7) is 3.06. The van der Waals surface area contributed by atoms with Gasteiger partial charge in [0.05, 0.1) is 6.10 Å². The van der Waals surface area contributed by atoms with Gasteiger partial charge in [0, 0.05) is 17.6 Å². The fourth-order valence-corrected chi connectivity index (χ4v) is 2.86. The van der Waals surface area contributed by atoms with Gasteiger partial charge in [-0.2, -0.15) is 0 Å². The Hall–Kier alpha value is -1.16. The van der Waals surface area contributed by atoms with Crippen molar-refractivity contribution in [1.82, 2.24) is 5.32 Å². The molecule has 0 heterocycles. The van der Waals surface area contributed by atoms with Gasteiger partial charge in [-0.3, -0.25) is 0 Å². The molecule has 3 heteroatoms. The van der Waals surface area contributed by atoms with E-state index in [2.05, 4.69) is 76.7 Å². The number of likely N-dealkylation sites (N-methyl/N-ethyl adjacent to an activating group) is 1. The molecule has 2 rings (SSSR count). The molecule has 2 aromatic carbocycles. The number of halogens is 1. The first-order valence-corrected chi connectivity index (χ1v) is 8.09. The van der Waals surface area contributed by atoms with Crippen molar-refractivity contribution in [1.29, 1.82) is 0 Å². The van der Waals surface area contributed by atoms with Crippen LogP contribution in [-0.4, -0.2) is 19.7 Å². The van der Waals surface area contributed by atoms with E-state index in [1.54, 1.807) is 7.11 Å². The van der Waals surface area contributed by atoms with E-state index < -0.39 is 0 Å². The molecule has 0 saturated heterocycles. The summed E-state index contributed by atoms with van der Waals surface area (Å²) in [4.78, 5) is 0. The predicted octanol–water partition coefficient (Wildman–Crippen LogP) is 4.36. The van der Waals surface area contributed by atoms with Crippen molar-refractivity contribution in [2.45, 2.75) is 25.5 Å². The van der Waals surface area contributed by atoms with Crippen LogP contribution in [-0.2, 0) is 11.2 Å². The van der Waals surface area contributed by atoms with Gasteiger partial charge in [0.25, 0.3) is 0 Å². The maximum atomic E-state index is 5.78. The first kappa shape index (κ1) is 16.2. The van der Waals surface area contributed by atoms with E-state index in [1.165, 1.54) is 11.1 Å². The van der Waals surface area contributed by atoms with E-state index in [0.29, 0.717) is 0 Å². The molecule has 2 aromatic rings. The molecule has 1 N–H and O–H groups in total. The van der Waals surface area contributed by atoms with Gasteiger partial charge in [0.2, 0.25) is 0 Å². The minimum atomic E-state index is 0.0507. The summed E-state index contributed by atoms with van der Waals surface area (Å²) in [7, 11) is 1.78. The van der Waals surface area contributed by atoms with Crippen LogP contribution in [0.3, 0.4) is 0 Å². The van der Waals surface area contributed by atoms with E-state index in [-0.39, 0.29) is 12.1 Å². The topological polar surface area (TPSA) is 21.3 Å². The van der Waals surface area contributed by atoms with E-state index in [0.717, 1.165) is 17.4 Å². The molecular weight excluding hydrogens is 326 g/mol. The van der Waals surface area contributed by atoms with Crippen LogP contribution in [0.25, 0.3) is 0 Å². The van der Waals surface area contributed by atoms with Crippen LogP contribution in [0.2, 0.25) is 0 Å². The number of hydrogen-bond donors (Lipinski definition) is 1. The molecule has 0 aromatic heterocycles. The van der Waals surface area contributed by atoms with Crippen LogP contribution in [0.15, 0.2) is 59.1 Å². The lowest BCUT2D eigenvalue weighted by molar-refractivity contribution is 0.0684. The molecule has 0 fully saturated rings. The zero-order chi connectivity index (χ0) is 15.1. The van der Waals surface area contributed by atoms with Gasteiger partial charge in [0.15, 0.2) is 0 Å². The molecule has 2 nitrogen and oxygen atoms in total. The van der Waals surface area contributed by atoms with Crippen molar-refractivity contribution < 1.29 is 4.74 Å². The van der Waals surface area contributed by atoms with Crippen molar-refractivity contribution in [2.75, 3.05) is 13.7 Å². The number of ether oxygens (including phenoxy) is 1. The number of methoxy groups -OCH3 is 1. The third-order valence-electron chi connectivity index (χ3n) is 3.58. The van der Waals surface area contributed by atoms with Crippen LogP contribution in [0.1, 0.15) is 24.2 Å². The Labute approximate surface area is 135 Å². The van der Waals surface area contributed by atoms with Crippen molar-refractivity contribution >= 4 is 15.9 Å². The lowest BCUT2D eigenvalue weighted by Gasteiger charge is -2.27. The highest BCUT2D eigenvalue weighted by atomic mass is 79.9. The Morgan fingerprint density at radius 2 is 1.71 bits per heavy atom. The second-order valence-corrected chi connectivity index (χ2v) is 5.98. The second kappa shape index (κ2) is 8.32. The maximum absolute atomic E-state index is 5.78. The van der Waals surface area contributed by atoms with Gasteiger partial charge in [-0.15, -0.1) is 0 Å². The number of rotatable bonds is 7. The lowest BCUT2D eigenvalue weighted by Crippen LogP contribution is -2.37. The molecule has 2 unspecified atom stereocenters. The van der Waals surface area contributed by atoms with E-state index in [9.17, 15) is 0 Å². The normalized spacial score (nSPS) is 13.9. The molecule has 0 radical (unpaired) electrons. The molecule has 0 aliphatic rings. The Balaban J connectivity index is 2.18. The molecule has 0 saturated carbocycles. The van der Waals surface area contributed by atoms with Gasteiger partial charge in [-0.1, -0.05) is 65.3 Å². The minimum absolute atomic E-state index is 0.0507. The molecule has 21 heavy (non-hydrogen) atoms. The Bertz CT molecular complexity index is 527. The molecular formula is C18H22BrNO. The first-order valence-electron chi connectivity index (χ1n) is 7.30. The van der Waals surface area contributed by atoms with Gasteiger partial charge in [-0.05, 0) is 36.2 Å². The summed E-state index contributed by atoms with van der Waals surface area (Å²) in [5.74, 6) is 0. The summed E-state index contributed by atoms with van der Waals surface area (Å²) in [6, 6.07) is 19.1. The van der Waals surface area contributed by atoms with Crippen molar-refractivity contribution in [3.8, 4) is 0 Å². The summed E-state index contributed by atoms with van der Waals surface area (Å²) in [5, 5.41) is 3.56. The maximum Gasteiger partial charge on any atom is 0.0977 e. The van der Waals surface area contributed by atoms with Gasteiger partial charge in [0.1, 0.15) is 0 Å². The van der Waals surface area contributed by atoms with Crippen molar-refractivity contribution in [3.63, 3.8) is 0 Å². The molecule has 0 amide bonds. The zero-order valence-electron chi connectivity index (χ0n) is 12.6. The first-order chi connectivity index (χ1) is 10.2. The fraction of sp³-hybridized carbons (Fsp3) is 0.333. The molecule has 0 bridgehead atoms. The standard InChI is InChI=1S/C18H22BrNO/c1-3-20-17(13-14-9-11-16(19)12-10-14)18(21-2)15-7-5-4-6-8-15/h4-12,17-18,20H,3,13H2,1-2H3. The quantitative estimate of drug-likeness (QED) is 0.803. The fourth-order valence-electron chi connectivity index (χ4n) is 2.60. The third kappa shape index (κ3) is 4.67. The number of hydrogen-bond acceptors (Lipinski definition) is 2. The highest BCUT2D eigenvalue weighted by molar-refractivity contribution is 9.10. The summed E-state index contributed by atoms with van der Waals surface area (Å²) < 4.78 is 6.88. The Morgan fingerprint density at radius 3 is 2.29 bits per heavy atom. The Kier molecular flexibility index (Phi) is 6.43. The smallest absolute Gasteiger partial charge is 0.0977 e. The molecule has 0 aliphatic carbocycles. The monoisotopic (exact) mass is 347 g/mol. The second-order valence-electron chi connectivity index (χ2n) is 5.06. The van der Waals surface area contributed by atoms with Crippen LogP contribution in [0.4, 0.5) is 0 Å². The Morgan fingerprint density at radius 1 is 1.05 bits per heavy atom. The van der Waals surface area contributed by atoms with Gasteiger partial charge in [-0.25, -0.2) is 0 Å². The SMILES string of the molecule is CCNC(Cc1ccc(Br)cc1)C(OC)c1ccccc1. The molecule has 0 spiro atoms.